The molecular formula is C13H15N3O2. The fraction of sp³-hybridized carbons (Fsp3) is 0.385. The molecule has 0 radical (unpaired) electrons. The van der Waals surface area contributed by atoms with Gasteiger partial charge >= 0.3 is 6.03 Å². The van der Waals surface area contributed by atoms with Gasteiger partial charge in [0.2, 0.25) is 0 Å². The second kappa shape index (κ2) is 5.52. The molecule has 0 saturated carbocycles. The van der Waals surface area contributed by atoms with E-state index in [0.717, 1.165) is 5.56 Å². The van der Waals surface area contributed by atoms with E-state index in [2.05, 4.69) is 11.4 Å². The number of ether oxygens (including phenoxy) is 1. The number of aryl methyl sites for hydroxylation is 1. The molecule has 1 aliphatic heterocycles. The molecule has 0 spiro atoms. The Hall–Kier alpha value is -2.06. The predicted octanol–water partition coefficient (Wildman–Crippen LogP) is 1.73. The molecule has 1 heterocycles. The number of nitrogens with one attached hydrogen (secondary N) is 1. The summed E-state index contributed by atoms with van der Waals surface area (Å²) in [6.07, 6.45) is 0. The zero-order valence-electron chi connectivity index (χ0n) is 10.3. The van der Waals surface area contributed by atoms with Crippen LogP contribution in [-0.2, 0) is 4.74 Å². The summed E-state index contributed by atoms with van der Waals surface area (Å²) in [5.74, 6) is 0. The first-order valence-corrected chi connectivity index (χ1v) is 5.86. The van der Waals surface area contributed by atoms with E-state index < -0.39 is 0 Å². The largest absolute Gasteiger partial charge is 0.378 e. The molecule has 1 aromatic rings. The van der Waals surface area contributed by atoms with Gasteiger partial charge in [-0.3, -0.25) is 0 Å². The molecule has 0 bridgehead atoms. The summed E-state index contributed by atoms with van der Waals surface area (Å²) in [5, 5.41) is 11.9. The number of amides is 2. The van der Waals surface area contributed by atoms with Gasteiger partial charge in [-0.15, -0.1) is 0 Å². The summed E-state index contributed by atoms with van der Waals surface area (Å²) in [6, 6.07) is 7.35. The number of hydrogen-bond donors (Lipinski definition) is 1. The zero-order valence-corrected chi connectivity index (χ0v) is 10.3. The van der Waals surface area contributed by atoms with Gasteiger partial charge in [0.25, 0.3) is 0 Å². The number of benzene rings is 1. The maximum atomic E-state index is 12.0. The van der Waals surface area contributed by atoms with Crippen LogP contribution in [0.4, 0.5) is 10.5 Å². The van der Waals surface area contributed by atoms with Crippen molar-refractivity contribution in [1.29, 1.82) is 5.26 Å². The van der Waals surface area contributed by atoms with Gasteiger partial charge in [0.1, 0.15) is 6.07 Å². The lowest BCUT2D eigenvalue weighted by molar-refractivity contribution is 0.0564. The molecule has 5 nitrogen and oxygen atoms in total. The van der Waals surface area contributed by atoms with Crippen LogP contribution in [0.25, 0.3) is 0 Å². The van der Waals surface area contributed by atoms with E-state index in [1.165, 1.54) is 0 Å². The van der Waals surface area contributed by atoms with Crippen molar-refractivity contribution in [2.45, 2.75) is 6.92 Å². The highest BCUT2D eigenvalue weighted by atomic mass is 16.5. The third-order valence-electron chi connectivity index (χ3n) is 2.92. The van der Waals surface area contributed by atoms with Gasteiger partial charge in [0.05, 0.1) is 24.5 Å². The lowest BCUT2D eigenvalue weighted by atomic mass is 10.1. The van der Waals surface area contributed by atoms with E-state index in [9.17, 15) is 4.79 Å². The van der Waals surface area contributed by atoms with Gasteiger partial charge in [-0.1, -0.05) is 12.1 Å². The van der Waals surface area contributed by atoms with Crippen molar-refractivity contribution < 1.29 is 9.53 Å². The lowest BCUT2D eigenvalue weighted by Crippen LogP contribution is -2.43. The Morgan fingerprint density at radius 1 is 1.44 bits per heavy atom. The number of nitriles is 1. The molecule has 1 N–H and O–H groups in total. The van der Waals surface area contributed by atoms with Gasteiger partial charge in [-0.25, -0.2) is 4.79 Å². The van der Waals surface area contributed by atoms with Crippen LogP contribution in [0.3, 0.4) is 0 Å². The van der Waals surface area contributed by atoms with Crippen LogP contribution >= 0.6 is 0 Å². The Morgan fingerprint density at radius 3 is 2.83 bits per heavy atom. The first-order valence-electron chi connectivity index (χ1n) is 5.86. The first-order chi connectivity index (χ1) is 8.72. The summed E-state index contributed by atoms with van der Waals surface area (Å²) in [5.41, 5.74) is 1.94. The number of nitrogens with zero attached hydrogens (tertiary/aromatic N) is 2. The van der Waals surface area contributed by atoms with E-state index in [-0.39, 0.29) is 6.03 Å². The number of hydrogen-bond acceptors (Lipinski definition) is 3. The highest BCUT2D eigenvalue weighted by molar-refractivity contribution is 5.91. The monoisotopic (exact) mass is 245 g/mol. The fourth-order valence-electron chi connectivity index (χ4n) is 1.88. The van der Waals surface area contributed by atoms with Crippen LogP contribution in [0.1, 0.15) is 11.1 Å². The molecule has 0 atom stereocenters. The van der Waals surface area contributed by atoms with Crippen molar-refractivity contribution in [3.8, 4) is 6.07 Å². The average molecular weight is 245 g/mol. The summed E-state index contributed by atoms with van der Waals surface area (Å²) in [7, 11) is 0. The number of anilines is 1. The lowest BCUT2D eigenvalue weighted by Gasteiger charge is -2.27. The standard InChI is InChI=1S/C13H15N3O2/c1-10-3-2-4-12(11(10)9-14)15-13(17)16-5-7-18-8-6-16/h2-4H,5-8H2,1H3,(H,15,17). The summed E-state index contributed by atoms with van der Waals surface area (Å²) in [4.78, 5) is 13.7. The SMILES string of the molecule is Cc1cccc(NC(=O)N2CCOCC2)c1C#N. The third-order valence-corrected chi connectivity index (χ3v) is 2.92. The van der Waals surface area contributed by atoms with Gasteiger partial charge in [-0.2, -0.15) is 5.26 Å². The smallest absolute Gasteiger partial charge is 0.322 e. The van der Waals surface area contributed by atoms with E-state index in [1.807, 2.05) is 19.1 Å². The van der Waals surface area contributed by atoms with Crippen molar-refractivity contribution in [3.05, 3.63) is 29.3 Å². The van der Waals surface area contributed by atoms with Crippen LogP contribution in [0.15, 0.2) is 18.2 Å². The van der Waals surface area contributed by atoms with E-state index in [1.54, 1.807) is 11.0 Å². The molecule has 94 valence electrons. The Balaban J connectivity index is 2.12. The summed E-state index contributed by atoms with van der Waals surface area (Å²) < 4.78 is 5.19. The number of urea groups is 1. The van der Waals surface area contributed by atoms with Crippen LogP contribution in [0.5, 0.6) is 0 Å². The molecule has 2 amide bonds. The van der Waals surface area contributed by atoms with Crippen molar-refractivity contribution in [1.82, 2.24) is 4.90 Å². The van der Waals surface area contributed by atoms with Crippen LogP contribution in [0.2, 0.25) is 0 Å². The van der Waals surface area contributed by atoms with Crippen molar-refractivity contribution >= 4 is 11.7 Å². The topological polar surface area (TPSA) is 65.4 Å². The maximum absolute atomic E-state index is 12.0. The minimum atomic E-state index is -0.180. The molecule has 1 aromatic carbocycles. The minimum absolute atomic E-state index is 0.180. The highest BCUT2D eigenvalue weighted by Gasteiger charge is 2.18. The van der Waals surface area contributed by atoms with Crippen LogP contribution in [0, 0.1) is 18.3 Å². The zero-order chi connectivity index (χ0) is 13.0. The fourth-order valence-corrected chi connectivity index (χ4v) is 1.88. The minimum Gasteiger partial charge on any atom is -0.378 e. The molecule has 1 aliphatic rings. The normalized spacial score (nSPS) is 15.0. The van der Waals surface area contributed by atoms with Gasteiger partial charge in [-0.05, 0) is 18.6 Å². The van der Waals surface area contributed by atoms with E-state index in [4.69, 9.17) is 10.00 Å². The average Bonchev–Trinajstić information content (AvgIpc) is 2.40. The van der Waals surface area contributed by atoms with Crippen molar-refractivity contribution in [3.63, 3.8) is 0 Å². The molecule has 5 heteroatoms. The van der Waals surface area contributed by atoms with Crippen LogP contribution < -0.4 is 5.32 Å². The van der Waals surface area contributed by atoms with Crippen molar-refractivity contribution in [2.75, 3.05) is 31.6 Å². The molecule has 0 aliphatic carbocycles. The Bertz CT molecular complexity index is 487. The summed E-state index contributed by atoms with van der Waals surface area (Å²) in [6.45, 7) is 4.14. The van der Waals surface area contributed by atoms with Gasteiger partial charge in [0.15, 0.2) is 0 Å². The molecule has 18 heavy (non-hydrogen) atoms. The Kier molecular flexibility index (Phi) is 3.80. The highest BCUT2D eigenvalue weighted by Crippen LogP contribution is 2.18. The predicted molar refractivity (Wildman–Crippen MR) is 67.3 cm³/mol. The summed E-state index contributed by atoms with van der Waals surface area (Å²) >= 11 is 0. The first kappa shape index (κ1) is 12.4. The second-order valence-electron chi connectivity index (χ2n) is 4.14. The van der Waals surface area contributed by atoms with E-state index in [0.29, 0.717) is 37.6 Å². The number of morpholine rings is 1. The molecular weight excluding hydrogens is 230 g/mol. The molecule has 1 saturated heterocycles. The maximum Gasteiger partial charge on any atom is 0.322 e. The Labute approximate surface area is 106 Å². The third kappa shape index (κ3) is 2.60. The number of rotatable bonds is 1. The van der Waals surface area contributed by atoms with Gasteiger partial charge < -0.3 is 15.0 Å². The Morgan fingerprint density at radius 2 is 2.17 bits per heavy atom. The quantitative estimate of drug-likeness (QED) is 0.819. The van der Waals surface area contributed by atoms with Crippen LogP contribution in [-0.4, -0.2) is 37.2 Å². The molecule has 0 unspecified atom stereocenters. The number of carbonyl (C=O) groups excluding carboxylic acids is 1. The molecule has 0 aromatic heterocycles. The second-order valence-corrected chi connectivity index (χ2v) is 4.14. The number of carbonyl (C=O) groups is 1. The van der Waals surface area contributed by atoms with Gasteiger partial charge in [0, 0.05) is 13.1 Å². The molecule has 1 fully saturated rings. The van der Waals surface area contributed by atoms with E-state index >= 15 is 0 Å². The van der Waals surface area contributed by atoms with Crippen molar-refractivity contribution in [2.24, 2.45) is 0 Å². The molecule has 2 rings (SSSR count).